The van der Waals surface area contributed by atoms with Gasteiger partial charge in [-0.05, 0) is 62.6 Å². The molecular weight excluding hydrogens is 394 g/mol. The number of benzene rings is 1. The zero-order chi connectivity index (χ0) is 22.1. The van der Waals surface area contributed by atoms with Crippen LogP contribution in [-0.2, 0) is 9.59 Å². The Morgan fingerprint density at radius 1 is 1.16 bits per heavy atom. The molecule has 0 radical (unpaired) electrons. The number of aliphatic carboxylic acids is 1. The summed E-state index contributed by atoms with van der Waals surface area (Å²) in [6.07, 6.45) is 12.8. The van der Waals surface area contributed by atoms with Crippen LogP contribution in [-0.4, -0.2) is 45.7 Å². The van der Waals surface area contributed by atoms with Crippen molar-refractivity contribution in [3.8, 4) is 5.75 Å². The van der Waals surface area contributed by atoms with Gasteiger partial charge in [0.1, 0.15) is 5.75 Å². The van der Waals surface area contributed by atoms with Crippen LogP contribution in [0.4, 0.5) is 0 Å². The van der Waals surface area contributed by atoms with E-state index in [0.717, 1.165) is 49.8 Å². The number of carboxylic acids is 1. The Morgan fingerprint density at radius 3 is 2.71 bits per heavy atom. The number of unbranched alkanes of at least 4 members (excludes halogenated alkanes) is 3. The molecule has 1 aliphatic carbocycles. The molecule has 1 amide bonds. The van der Waals surface area contributed by atoms with Crippen molar-refractivity contribution in [2.24, 2.45) is 0 Å². The van der Waals surface area contributed by atoms with Crippen molar-refractivity contribution in [3.05, 3.63) is 42.0 Å². The van der Waals surface area contributed by atoms with Crippen LogP contribution in [0, 0.1) is 0 Å². The molecule has 170 valence electrons. The average Bonchev–Trinajstić information content (AvgIpc) is 3.38. The van der Waals surface area contributed by atoms with Gasteiger partial charge in [-0.25, -0.2) is 0 Å². The van der Waals surface area contributed by atoms with E-state index < -0.39 is 12.1 Å². The molecule has 0 spiro atoms. The fourth-order valence-electron chi connectivity index (χ4n) is 4.47. The van der Waals surface area contributed by atoms with Crippen molar-refractivity contribution in [1.82, 2.24) is 4.90 Å². The summed E-state index contributed by atoms with van der Waals surface area (Å²) in [6.45, 7) is 0.682. The van der Waals surface area contributed by atoms with E-state index in [9.17, 15) is 14.7 Å². The Morgan fingerprint density at radius 2 is 1.94 bits per heavy atom. The van der Waals surface area contributed by atoms with E-state index in [4.69, 9.17) is 9.84 Å². The van der Waals surface area contributed by atoms with Crippen molar-refractivity contribution in [2.75, 3.05) is 6.54 Å². The molecule has 1 aromatic rings. The minimum absolute atomic E-state index is 0.0130. The minimum Gasteiger partial charge on any atom is -0.490 e. The maximum absolute atomic E-state index is 12.3. The first-order valence-corrected chi connectivity index (χ1v) is 11.7. The van der Waals surface area contributed by atoms with Gasteiger partial charge in [0, 0.05) is 19.4 Å². The lowest BCUT2D eigenvalue weighted by atomic mass is 10.1. The van der Waals surface area contributed by atoms with Crippen LogP contribution in [0.2, 0.25) is 0 Å². The summed E-state index contributed by atoms with van der Waals surface area (Å²) in [5, 5.41) is 19.3. The van der Waals surface area contributed by atoms with E-state index in [1.807, 2.05) is 35.2 Å². The molecule has 1 aliphatic heterocycles. The Labute approximate surface area is 184 Å². The number of aliphatic hydroxyl groups is 1. The number of hydrogen-bond acceptors (Lipinski definition) is 4. The molecule has 2 fully saturated rings. The number of likely N-dealkylation sites (tertiary alicyclic amines) is 1. The van der Waals surface area contributed by atoms with Crippen molar-refractivity contribution < 1.29 is 24.5 Å². The van der Waals surface area contributed by atoms with Crippen LogP contribution in [0.25, 0.3) is 0 Å². The van der Waals surface area contributed by atoms with Gasteiger partial charge < -0.3 is 19.8 Å². The molecule has 1 saturated carbocycles. The fraction of sp³-hybridized carbons (Fsp3) is 0.600. The summed E-state index contributed by atoms with van der Waals surface area (Å²) in [5.41, 5.74) is 0.793. The third-order valence-electron chi connectivity index (χ3n) is 6.23. The summed E-state index contributed by atoms with van der Waals surface area (Å²) in [6, 6.07) is 7.66. The second kappa shape index (κ2) is 11.9. The van der Waals surface area contributed by atoms with Crippen LogP contribution in [0.1, 0.15) is 82.3 Å². The van der Waals surface area contributed by atoms with Gasteiger partial charge in [0.2, 0.25) is 5.91 Å². The quantitative estimate of drug-likeness (QED) is 0.374. The Bertz CT molecular complexity index is 756. The SMILES string of the molecule is O=C(O)CCCCCCN1C(=O)CCC1/C=C/[C@@H](O)c1cccc(OC2CCCC2)c1. The smallest absolute Gasteiger partial charge is 0.303 e. The average molecular weight is 430 g/mol. The van der Waals surface area contributed by atoms with Crippen LogP contribution < -0.4 is 4.74 Å². The number of nitrogens with zero attached hydrogens (tertiary/aromatic N) is 1. The van der Waals surface area contributed by atoms with E-state index in [2.05, 4.69) is 0 Å². The summed E-state index contributed by atoms with van der Waals surface area (Å²) in [5.74, 6) is 0.202. The van der Waals surface area contributed by atoms with Crippen LogP contribution in [0.5, 0.6) is 5.75 Å². The zero-order valence-corrected chi connectivity index (χ0v) is 18.2. The topological polar surface area (TPSA) is 87.1 Å². The molecule has 6 heteroatoms. The van der Waals surface area contributed by atoms with Gasteiger partial charge in [-0.1, -0.05) is 37.1 Å². The maximum Gasteiger partial charge on any atom is 0.303 e. The van der Waals surface area contributed by atoms with E-state index >= 15 is 0 Å². The van der Waals surface area contributed by atoms with Gasteiger partial charge in [-0.15, -0.1) is 0 Å². The number of ether oxygens (including phenoxy) is 1. The molecule has 1 heterocycles. The highest BCUT2D eigenvalue weighted by molar-refractivity contribution is 5.79. The molecule has 0 bridgehead atoms. The van der Waals surface area contributed by atoms with Gasteiger partial charge in [0.15, 0.2) is 0 Å². The summed E-state index contributed by atoms with van der Waals surface area (Å²) in [4.78, 5) is 24.7. The second-order valence-electron chi connectivity index (χ2n) is 8.68. The largest absolute Gasteiger partial charge is 0.490 e. The standard InChI is InChI=1S/C25H35NO5/c27-23(19-8-7-11-22(18-19)31-21-9-4-5-10-21)15-13-20-14-16-24(28)26(20)17-6-2-1-3-12-25(29)30/h7-8,11,13,15,18,20-21,23,27H,1-6,9-10,12,14,16-17H2,(H,29,30)/b15-13+/t20?,23-/m1/s1. The van der Waals surface area contributed by atoms with Crippen molar-refractivity contribution in [3.63, 3.8) is 0 Å². The lowest BCUT2D eigenvalue weighted by Gasteiger charge is -2.22. The normalized spacial score (nSPS) is 20.6. The second-order valence-corrected chi connectivity index (χ2v) is 8.68. The first-order valence-electron chi connectivity index (χ1n) is 11.7. The van der Waals surface area contributed by atoms with Crippen LogP contribution >= 0.6 is 0 Å². The number of carboxylic acid groups (broad SMARTS) is 1. The summed E-state index contributed by atoms with van der Waals surface area (Å²) >= 11 is 0. The highest BCUT2D eigenvalue weighted by Gasteiger charge is 2.28. The lowest BCUT2D eigenvalue weighted by molar-refractivity contribution is -0.137. The first kappa shape index (κ1) is 23.3. The molecule has 1 unspecified atom stereocenters. The van der Waals surface area contributed by atoms with Gasteiger partial charge in [0.05, 0.1) is 18.2 Å². The van der Waals surface area contributed by atoms with Crippen molar-refractivity contribution in [2.45, 2.75) is 88.9 Å². The molecule has 2 aliphatic rings. The van der Waals surface area contributed by atoms with Gasteiger partial charge >= 0.3 is 5.97 Å². The molecule has 6 nitrogen and oxygen atoms in total. The number of aliphatic hydroxyl groups excluding tert-OH is 1. The molecule has 3 rings (SSSR count). The third-order valence-corrected chi connectivity index (χ3v) is 6.23. The Kier molecular flexibility index (Phi) is 8.95. The minimum atomic E-state index is -0.755. The predicted molar refractivity (Wildman–Crippen MR) is 119 cm³/mol. The lowest BCUT2D eigenvalue weighted by Crippen LogP contribution is -2.32. The molecule has 2 N–H and O–H groups in total. The maximum atomic E-state index is 12.3. The highest BCUT2D eigenvalue weighted by atomic mass is 16.5. The van der Waals surface area contributed by atoms with E-state index in [0.29, 0.717) is 19.4 Å². The Hall–Kier alpha value is -2.34. The number of amides is 1. The van der Waals surface area contributed by atoms with Gasteiger partial charge in [-0.2, -0.15) is 0 Å². The first-order chi connectivity index (χ1) is 15.0. The molecule has 31 heavy (non-hydrogen) atoms. The monoisotopic (exact) mass is 429 g/mol. The fourth-order valence-corrected chi connectivity index (χ4v) is 4.47. The molecule has 0 aromatic heterocycles. The molecule has 2 atom stereocenters. The number of carbonyl (C=O) groups excluding carboxylic acids is 1. The predicted octanol–water partition coefficient (Wildman–Crippen LogP) is 4.62. The van der Waals surface area contributed by atoms with E-state index in [1.165, 1.54) is 12.8 Å². The van der Waals surface area contributed by atoms with Gasteiger partial charge in [-0.3, -0.25) is 9.59 Å². The number of carbonyl (C=O) groups is 2. The Balaban J connectivity index is 1.48. The van der Waals surface area contributed by atoms with Crippen molar-refractivity contribution in [1.29, 1.82) is 0 Å². The molecular formula is C25H35NO5. The highest BCUT2D eigenvalue weighted by Crippen LogP contribution is 2.27. The number of hydrogen-bond donors (Lipinski definition) is 2. The van der Waals surface area contributed by atoms with E-state index in [1.54, 1.807) is 6.08 Å². The van der Waals surface area contributed by atoms with Gasteiger partial charge in [0.25, 0.3) is 0 Å². The van der Waals surface area contributed by atoms with Crippen LogP contribution in [0.15, 0.2) is 36.4 Å². The molecule has 1 aromatic carbocycles. The third kappa shape index (κ3) is 7.39. The van der Waals surface area contributed by atoms with Crippen LogP contribution in [0.3, 0.4) is 0 Å². The van der Waals surface area contributed by atoms with E-state index in [-0.39, 0.29) is 24.5 Å². The summed E-state index contributed by atoms with van der Waals surface area (Å²) in [7, 11) is 0. The summed E-state index contributed by atoms with van der Waals surface area (Å²) < 4.78 is 6.04. The van der Waals surface area contributed by atoms with Crippen molar-refractivity contribution >= 4 is 11.9 Å². The number of rotatable bonds is 12. The molecule has 1 saturated heterocycles. The zero-order valence-electron chi connectivity index (χ0n) is 18.2.